The maximum Gasteiger partial charge on any atom is 0.101 e. The monoisotopic (exact) mass is 296 g/mol. The minimum atomic E-state index is -0.246. The van der Waals surface area contributed by atoms with Crippen LogP contribution in [0.25, 0.3) is 0 Å². The molecule has 0 radical (unpaired) electrons. The number of nitriles is 1. The lowest BCUT2D eigenvalue weighted by atomic mass is 10.1. The van der Waals surface area contributed by atoms with Crippen LogP contribution < -0.4 is 5.32 Å². The highest BCUT2D eigenvalue weighted by atomic mass is 79.9. The molecule has 3 nitrogen and oxygen atoms in total. The van der Waals surface area contributed by atoms with Crippen LogP contribution in [-0.2, 0) is 4.74 Å². The van der Waals surface area contributed by atoms with E-state index < -0.39 is 0 Å². The Morgan fingerprint density at radius 3 is 2.76 bits per heavy atom. The molecule has 0 amide bonds. The van der Waals surface area contributed by atoms with Gasteiger partial charge in [-0.15, -0.1) is 0 Å². The molecule has 1 rings (SSSR count). The Hall–Kier alpha value is -1.05. The lowest BCUT2D eigenvalue weighted by molar-refractivity contribution is 0.000696. The second-order valence-corrected chi connectivity index (χ2v) is 5.26. The zero-order valence-electron chi connectivity index (χ0n) is 10.4. The number of ether oxygens (including phenoxy) is 1. The van der Waals surface area contributed by atoms with Gasteiger partial charge < -0.3 is 10.1 Å². The molecule has 17 heavy (non-hydrogen) atoms. The molecule has 0 bridgehead atoms. The summed E-state index contributed by atoms with van der Waals surface area (Å²) in [5, 5.41) is 12.3. The van der Waals surface area contributed by atoms with E-state index in [1.54, 1.807) is 6.07 Å². The molecule has 0 aromatic heterocycles. The summed E-state index contributed by atoms with van der Waals surface area (Å²) in [5.41, 5.74) is 1.22. The van der Waals surface area contributed by atoms with Crippen molar-refractivity contribution in [1.29, 1.82) is 5.26 Å². The van der Waals surface area contributed by atoms with Crippen LogP contribution >= 0.6 is 15.9 Å². The Bertz CT molecular complexity index is 424. The lowest BCUT2D eigenvalue weighted by Gasteiger charge is -2.25. The Kier molecular flexibility index (Phi) is 4.98. The molecule has 0 heterocycles. The van der Waals surface area contributed by atoms with E-state index in [0.29, 0.717) is 18.7 Å². The van der Waals surface area contributed by atoms with Crippen molar-refractivity contribution in [3.05, 3.63) is 28.2 Å². The number of rotatable bonds is 5. The highest BCUT2D eigenvalue weighted by Crippen LogP contribution is 2.22. The fraction of sp³-hybridized carbons (Fsp3) is 0.462. The predicted octanol–water partition coefficient (Wildman–Crippen LogP) is 3.55. The summed E-state index contributed by atoms with van der Waals surface area (Å²) in [4.78, 5) is 0. The van der Waals surface area contributed by atoms with Crippen LogP contribution in [0.4, 0.5) is 5.69 Å². The van der Waals surface area contributed by atoms with E-state index in [0.717, 1.165) is 10.2 Å². The second-order valence-electron chi connectivity index (χ2n) is 4.35. The second kappa shape index (κ2) is 6.04. The minimum Gasteiger partial charge on any atom is -0.381 e. The van der Waals surface area contributed by atoms with Crippen molar-refractivity contribution in [3.8, 4) is 6.07 Å². The van der Waals surface area contributed by atoms with Gasteiger partial charge in [0.25, 0.3) is 0 Å². The summed E-state index contributed by atoms with van der Waals surface area (Å²) in [6.07, 6.45) is 0. The van der Waals surface area contributed by atoms with Crippen LogP contribution in [0.1, 0.15) is 26.3 Å². The van der Waals surface area contributed by atoms with Gasteiger partial charge in [0.2, 0.25) is 0 Å². The standard InChI is InChI=1S/C13H17BrN2O/c1-4-17-13(2,3)9-16-12-7-11(14)6-5-10(12)8-15/h5-7,16H,4,9H2,1-3H3. The smallest absolute Gasteiger partial charge is 0.101 e. The SMILES string of the molecule is CCOC(C)(C)CNc1cc(Br)ccc1C#N. The third-order valence-corrected chi connectivity index (χ3v) is 2.83. The van der Waals surface area contributed by atoms with Gasteiger partial charge in [-0.05, 0) is 39.0 Å². The predicted molar refractivity (Wildman–Crippen MR) is 73.1 cm³/mol. The third kappa shape index (κ3) is 4.37. The molecule has 1 aromatic carbocycles. The molecule has 0 aliphatic carbocycles. The molecular weight excluding hydrogens is 280 g/mol. The van der Waals surface area contributed by atoms with Gasteiger partial charge >= 0.3 is 0 Å². The van der Waals surface area contributed by atoms with Crippen molar-refractivity contribution in [2.24, 2.45) is 0 Å². The number of hydrogen-bond acceptors (Lipinski definition) is 3. The lowest BCUT2D eigenvalue weighted by Crippen LogP contribution is -2.33. The zero-order valence-corrected chi connectivity index (χ0v) is 12.0. The fourth-order valence-corrected chi connectivity index (χ4v) is 1.87. The number of benzene rings is 1. The maximum atomic E-state index is 9.01. The van der Waals surface area contributed by atoms with Crippen LogP contribution in [0.5, 0.6) is 0 Å². The first-order valence-electron chi connectivity index (χ1n) is 5.56. The summed E-state index contributed by atoms with van der Waals surface area (Å²) < 4.78 is 6.55. The number of hydrogen-bond donors (Lipinski definition) is 1. The highest BCUT2D eigenvalue weighted by molar-refractivity contribution is 9.10. The van der Waals surface area contributed by atoms with Gasteiger partial charge in [0.05, 0.1) is 16.9 Å². The Balaban J connectivity index is 2.75. The number of nitrogens with zero attached hydrogens (tertiary/aromatic N) is 1. The number of anilines is 1. The summed E-state index contributed by atoms with van der Waals surface area (Å²) in [6, 6.07) is 7.72. The molecule has 1 aromatic rings. The third-order valence-electron chi connectivity index (χ3n) is 2.34. The van der Waals surface area contributed by atoms with E-state index in [2.05, 4.69) is 27.3 Å². The van der Waals surface area contributed by atoms with Crippen molar-refractivity contribution >= 4 is 21.6 Å². The zero-order chi connectivity index (χ0) is 12.9. The van der Waals surface area contributed by atoms with Gasteiger partial charge in [0, 0.05) is 17.6 Å². The topological polar surface area (TPSA) is 45.0 Å². The molecule has 0 saturated carbocycles. The first-order chi connectivity index (χ1) is 7.98. The van der Waals surface area contributed by atoms with Crippen molar-refractivity contribution in [2.75, 3.05) is 18.5 Å². The van der Waals surface area contributed by atoms with Gasteiger partial charge in [-0.1, -0.05) is 15.9 Å². The summed E-state index contributed by atoms with van der Waals surface area (Å²) in [7, 11) is 0. The van der Waals surface area contributed by atoms with Crippen LogP contribution in [0, 0.1) is 11.3 Å². The Labute approximate surface area is 111 Å². The van der Waals surface area contributed by atoms with Crippen LogP contribution in [0.2, 0.25) is 0 Å². The molecule has 0 unspecified atom stereocenters. The van der Waals surface area contributed by atoms with Crippen LogP contribution in [0.3, 0.4) is 0 Å². The average Bonchev–Trinajstić information content (AvgIpc) is 2.27. The van der Waals surface area contributed by atoms with Gasteiger partial charge in [-0.2, -0.15) is 5.26 Å². The van der Waals surface area contributed by atoms with Crippen molar-refractivity contribution in [1.82, 2.24) is 0 Å². The summed E-state index contributed by atoms with van der Waals surface area (Å²) in [5.74, 6) is 0. The van der Waals surface area contributed by atoms with E-state index >= 15 is 0 Å². The van der Waals surface area contributed by atoms with Crippen LogP contribution in [-0.4, -0.2) is 18.8 Å². The molecule has 0 saturated heterocycles. The molecule has 0 atom stereocenters. The van der Waals surface area contributed by atoms with Crippen molar-refractivity contribution < 1.29 is 4.74 Å². The van der Waals surface area contributed by atoms with Crippen LogP contribution in [0.15, 0.2) is 22.7 Å². The largest absolute Gasteiger partial charge is 0.381 e. The number of nitrogens with one attached hydrogen (secondary N) is 1. The molecule has 1 N–H and O–H groups in total. The molecule has 92 valence electrons. The van der Waals surface area contributed by atoms with E-state index in [9.17, 15) is 0 Å². The summed E-state index contributed by atoms with van der Waals surface area (Å²) >= 11 is 3.40. The highest BCUT2D eigenvalue weighted by Gasteiger charge is 2.17. The fourth-order valence-electron chi connectivity index (χ4n) is 1.51. The van der Waals surface area contributed by atoms with Gasteiger partial charge in [0.1, 0.15) is 6.07 Å². The van der Waals surface area contributed by atoms with Gasteiger partial charge in [-0.25, -0.2) is 0 Å². The number of halogens is 1. The maximum absolute atomic E-state index is 9.01. The average molecular weight is 297 g/mol. The molecule has 0 aliphatic rings. The van der Waals surface area contributed by atoms with Crippen molar-refractivity contribution in [2.45, 2.75) is 26.4 Å². The Morgan fingerprint density at radius 1 is 1.47 bits per heavy atom. The van der Waals surface area contributed by atoms with Gasteiger partial charge in [-0.3, -0.25) is 0 Å². The van der Waals surface area contributed by atoms with E-state index in [4.69, 9.17) is 10.00 Å². The first kappa shape index (κ1) is 14.0. The molecule has 0 spiro atoms. The van der Waals surface area contributed by atoms with Crippen molar-refractivity contribution in [3.63, 3.8) is 0 Å². The van der Waals surface area contributed by atoms with Gasteiger partial charge in [0.15, 0.2) is 0 Å². The normalized spacial score (nSPS) is 11.0. The molecule has 4 heteroatoms. The Morgan fingerprint density at radius 2 is 2.18 bits per heavy atom. The minimum absolute atomic E-state index is 0.246. The first-order valence-corrected chi connectivity index (χ1v) is 6.35. The molecule has 0 fully saturated rings. The van der Waals surface area contributed by atoms with E-state index in [1.165, 1.54) is 0 Å². The molecular formula is C13H17BrN2O. The van der Waals surface area contributed by atoms with E-state index in [1.807, 2.05) is 32.9 Å². The summed E-state index contributed by atoms with van der Waals surface area (Å²) in [6.45, 7) is 7.35. The van der Waals surface area contributed by atoms with E-state index in [-0.39, 0.29) is 5.60 Å². The molecule has 0 aliphatic heterocycles. The quantitative estimate of drug-likeness (QED) is 0.904.